The van der Waals surface area contributed by atoms with Crippen LogP contribution in [0.1, 0.15) is 29.9 Å². The molecule has 0 amide bonds. The summed E-state index contributed by atoms with van der Waals surface area (Å²) in [6.45, 7) is 6.08. The summed E-state index contributed by atoms with van der Waals surface area (Å²) in [4.78, 5) is 7.71. The summed E-state index contributed by atoms with van der Waals surface area (Å²) in [7, 11) is 0. The highest BCUT2D eigenvalue weighted by molar-refractivity contribution is 5.79. The van der Waals surface area contributed by atoms with Gasteiger partial charge in [-0.1, -0.05) is 6.07 Å². The van der Waals surface area contributed by atoms with Gasteiger partial charge >= 0.3 is 0 Å². The number of benzene rings is 1. The van der Waals surface area contributed by atoms with Crippen molar-refractivity contribution in [3.63, 3.8) is 0 Å². The van der Waals surface area contributed by atoms with Crippen LogP contribution in [0.5, 0.6) is 0 Å². The smallest absolute Gasteiger partial charge is 0.123 e. The standard InChI is InChI=1S/C11H15N3/c1-6-4-7(2)10-9(5-6)13-11(14-10)8(3)12/h4-5,8H,12H2,1-3H3,(H,13,14)/t8-/m0/s1. The van der Waals surface area contributed by atoms with Gasteiger partial charge in [-0.25, -0.2) is 4.98 Å². The molecule has 2 rings (SSSR count). The van der Waals surface area contributed by atoms with E-state index in [2.05, 4.69) is 35.9 Å². The summed E-state index contributed by atoms with van der Waals surface area (Å²) in [5.74, 6) is 0.855. The predicted octanol–water partition coefficient (Wildman–Crippen LogP) is 2.20. The fourth-order valence-electron chi connectivity index (χ4n) is 1.71. The van der Waals surface area contributed by atoms with Crippen molar-refractivity contribution in [1.29, 1.82) is 0 Å². The van der Waals surface area contributed by atoms with Crippen LogP contribution < -0.4 is 5.73 Å². The predicted molar refractivity (Wildman–Crippen MR) is 58.2 cm³/mol. The number of H-pyrrole nitrogens is 1. The summed E-state index contributed by atoms with van der Waals surface area (Å²) in [5.41, 5.74) is 10.3. The Morgan fingerprint density at radius 3 is 2.71 bits per heavy atom. The van der Waals surface area contributed by atoms with E-state index in [1.54, 1.807) is 0 Å². The van der Waals surface area contributed by atoms with E-state index in [4.69, 9.17) is 5.73 Å². The number of imidazole rings is 1. The van der Waals surface area contributed by atoms with Crippen LogP contribution in [0, 0.1) is 13.8 Å². The Bertz CT molecular complexity index is 469. The van der Waals surface area contributed by atoms with Crippen molar-refractivity contribution in [1.82, 2.24) is 9.97 Å². The van der Waals surface area contributed by atoms with E-state index >= 15 is 0 Å². The van der Waals surface area contributed by atoms with Crippen LogP contribution >= 0.6 is 0 Å². The minimum Gasteiger partial charge on any atom is -0.341 e. The van der Waals surface area contributed by atoms with Crippen LogP contribution in [-0.2, 0) is 0 Å². The molecule has 1 atom stereocenters. The number of aromatic nitrogens is 2. The Labute approximate surface area is 83.3 Å². The number of aryl methyl sites for hydroxylation is 2. The molecule has 0 fully saturated rings. The lowest BCUT2D eigenvalue weighted by molar-refractivity contribution is 0.759. The highest BCUT2D eigenvalue weighted by atomic mass is 15.0. The molecule has 3 nitrogen and oxygen atoms in total. The molecule has 0 saturated carbocycles. The molecule has 0 aliphatic carbocycles. The van der Waals surface area contributed by atoms with E-state index in [9.17, 15) is 0 Å². The maximum Gasteiger partial charge on any atom is 0.123 e. The number of nitrogens with two attached hydrogens (primary N) is 1. The zero-order chi connectivity index (χ0) is 10.3. The van der Waals surface area contributed by atoms with Gasteiger partial charge in [0.2, 0.25) is 0 Å². The molecule has 0 aliphatic heterocycles. The average molecular weight is 189 g/mol. The molecule has 0 aliphatic rings. The van der Waals surface area contributed by atoms with Gasteiger partial charge in [0.05, 0.1) is 17.1 Å². The Morgan fingerprint density at radius 2 is 2.07 bits per heavy atom. The Morgan fingerprint density at radius 1 is 1.36 bits per heavy atom. The van der Waals surface area contributed by atoms with Crippen LogP contribution in [0.3, 0.4) is 0 Å². The van der Waals surface area contributed by atoms with Gasteiger partial charge in [-0.05, 0) is 38.0 Å². The van der Waals surface area contributed by atoms with Crippen LogP contribution in [0.4, 0.5) is 0 Å². The van der Waals surface area contributed by atoms with Crippen molar-refractivity contribution >= 4 is 11.0 Å². The largest absolute Gasteiger partial charge is 0.341 e. The fourth-order valence-corrected chi connectivity index (χ4v) is 1.71. The van der Waals surface area contributed by atoms with E-state index in [-0.39, 0.29) is 6.04 Å². The van der Waals surface area contributed by atoms with Crippen molar-refractivity contribution in [3.05, 3.63) is 29.1 Å². The Hall–Kier alpha value is -1.35. The number of hydrogen-bond donors (Lipinski definition) is 2. The number of rotatable bonds is 1. The second-order valence-electron chi connectivity index (χ2n) is 3.89. The third-order valence-electron chi connectivity index (χ3n) is 2.37. The SMILES string of the molecule is Cc1cc(C)c2nc([C@H](C)N)[nH]c2c1. The molecular weight excluding hydrogens is 174 g/mol. The first kappa shape index (κ1) is 9.21. The van der Waals surface area contributed by atoms with E-state index < -0.39 is 0 Å². The third-order valence-corrected chi connectivity index (χ3v) is 2.37. The summed E-state index contributed by atoms with van der Waals surface area (Å²) < 4.78 is 0. The number of aromatic amines is 1. The second-order valence-corrected chi connectivity index (χ2v) is 3.89. The second kappa shape index (κ2) is 3.10. The van der Waals surface area contributed by atoms with E-state index in [1.807, 2.05) is 6.92 Å². The zero-order valence-electron chi connectivity index (χ0n) is 8.76. The lowest BCUT2D eigenvalue weighted by Gasteiger charge is -1.96. The summed E-state index contributed by atoms with van der Waals surface area (Å²) in [6, 6.07) is 4.19. The van der Waals surface area contributed by atoms with Gasteiger partial charge in [-0.3, -0.25) is 0 Å². The number of nitrogens with zero attached hydrogens (tertiary/aromatic N) is 1. The number of nitrogens with one attached hydrogen (secondary N) is 1. The van der Waals surface area contributed by atoms with Gasteiger partial charge in [-0.15, -0.1) is 0 Å². The molecule has 1 heterocycles. The minimum atomic E-state index is -0.0397. The van der Waals surface area contributed by atoms with E-state index in [0.29, 0.717) is 0 Å². The van der Waals surface area contributed by atoms with Crippen molar-refractivity contribution in [2.75, 3.05) is 0 Å². The number of fused-ring (bicyclic) bond motifs is 1. The van der Waals surface area contributed by atoms with Gasteiger partial charge < -0.3 is 10.7 Å². The highest BCUT2D eigenvalue weighted by Gasteiger charge is 2.08. The summed E-state index contributed by atoms with van der Waals surface area (Å²) in [5, 5.41) is 0. The summed E-state index contributed by atoms with van der Waals surface area (Å²) in [6.07, 6.45) is 0. The molecule has 0 saturated heterocycles. The molecule has 0 spiro atoms. The van der Waals surface area contributed by atoms with Gasteiger partial charge in [0.1, 0.15) is 5.82 Å². The average Bonchev–Trinajstić information content (AvgIpc) is 2.47. The maximum atomic E-state index is 5.77. The van der Waals surface area contributed by atoms with Gasteiger partial charge in [0.15, 0.2) is 0 Å². The monoisotopic (exact) mass is 189 g/mol. The van der Waals surface area contributed by atoms with Crippen molar-refractivity contribution < 1.29 is 0 Å². The molecule has 3 N–H and O–H groups in total. The van der Waals surface area contributed by atoms with Gasteiger partial charge in [-0.2, -0.15) is 0 Å². The molecule has 0 radical (unpaired) electrons. The minimum absolute atomic E-state index is 0.0397. The first-order valence-corrected chi connectivity index (χ1v) is 4.80. The van der Waals surface area contributed by atoms with Crippen molar-refractivity contribution in [2.45, 2.75) is 26.8 Å². The van der Waals surface area contributed by atoms with Crippen LogP contribution in [-0.4, -0.2) is 9.97 Å². The van der Waals surface area contributed by atoms with Crippen molar-refractivity contribution in [3.8, 4) is 0 Å². The molecule has 2 aromatic rings. The third kappa shape index (κ3) is 1.40. The van der Waals surface area contributed by atoms with Crippen LogP contribution in [0.2, 0.25) is 0 Å². The lowest BCUT2D eigenvalue weighted by atomic mass is 10.1. The Balaban J connectivity index is 2.70. The normalized spacial score (nSPS) is 13.4. The fraction of sp³-hybridized carbons (Fsp3) is 0.364. The zero-order valence-corrected chi connectivity index (χ0v) is 8.76. The molecule has 3 heteroatoms. The molecule has 1 aromatic heterocycles. The highest BCUT2D eigenvalue weighted by Crippen LogP contribution is 2.19. The first-order valence-electron chi connectivity index (χ1n) is 4.80. The molecule has 74 valence electrons. The molecule has 1 aromatic carbocycles. The maximum absolute atomic E-state index is 5.77. The van der Waals surface area contributed by atoms with Crippen LogP contribution in [0.25, 0.3) is 11.0 Å². The lowest BCUT2D eigenvalue weighted by Crippen LogP contribution is -2.06. The molecular formula is C11H15N3. The number of hydrogen-bond acceptors (Lipinski definition) is 2. The van der Waals surface area contributed by atoms with E-state index in [1.165, 1.54) is 11.1 Å². The summed E-state index contributed by atoms with van der Waals surface area (Å²) >= 11 is 0. The van der Waals surface area contributed by atoms with E-state index in [0.717, 1.165) is 16.9 Å². The quantitative estimate of drug-likeness (QED) is 0.722. The topological polar surface area (TPSA) is 54.7 Å². The Kier molecular flexibility index (Phi) is 2.04. The van der Waals surface area contributed by atoms with Crippen molar-refractivity contribution in [2.24, 2.45) is 5.73 Å². The molecule has 0 unspecified atom stereocenters. The van der Waals surface area contributed by atoms with Crippen LogP contribution in [0.15, 0.2) is 12.1 Å². The first-order chi connectivity index (χ1) is 6.58. The molecule has 14 heavy (non-hydrogen) atoms. The molecule has 0 bridgehead atoms. The van der Waals surface area contributed by atoms with Gasteiger partial charge in [0.25, 0.3) is 0 Å². The van der Waals surface area contributed by atoms with Gasteiger partial charge in [0, 0.05) is 0 Å².